The first-order valence-electron chi connectivity index (χ1n) is 7.15. The van der Waals surface area contributed by atoms with Gasteiger partial charge >= 0.3 is 6.09 Å². The number of carbonyl (C=O) groups excluding carboxylic acids is 1. The van der Waals surface area contributed by atoms with Crippen LogP contribution in [0.5, 0.6) is 11.5 Å². The van der Waals surface area contributed by atoms with Gasteiger partial charge in [0.05, 0.1) is 20.3 Å². The monoisotopic (exact) mass is 293 g/mol. The Balaban J connectivity index is 2.19. The van der Waals surface area contributed by atoms with E-state index in [2.05, 4.69) is 13.8 Å². The lowest BCUT2D eigenvalue weighted by atomic mass is 10.0. The van der Waals surface area contributed by atoms with Gasteiger partial charge in [0.2, 0.25) is 0 Å². The van der Waals surface area contributed by atoms with E-state index < -0.39 is 0 Å². The van der Waals surface area contributed by atoms with E-state index in [-0.39, 0.29) is 18.2 Å². The van der Waals surface area contributed by atoms with E-state index in [1.807, 2.05) is 25.1 Å². The van der Waals surface area contributed by atoms with Crippen molar-refractivity contribution < 1.29 is 19.0 Å². The first kappa shape index (κ1) is 15.5. The number of hydrogen-bond donors (Lipinski definition) is 0. The van der Waals surface area contributed by atoms with Gasteiger partial charge in [0, 0.05) is 12.6 Å². The Labute approximate surface area is 125 Å². The van der Waals surface area contributed by atoms with Gasteiger partial charge in [-0.1, -0.05) is 13.8 Å². The number of methoxy groups -OCH3 is 2. The summed E-state index contributed by atoms with van der Waals surface area (Å²) in [5.74, 6) is 1.73. The molecule has 0 aliphatic carbocycles. The number of carbonyl (C=O) groups is 1. The Morgan fingerprint density at radius 2 is 1.76 bits per heavy atom. The molecule has 1 saturated heterocycles. The number of amides is 1. The topological polar surface area (TPSA) is 48.0 Å². The third-order valence-corrected chi connectivity index (χ3v) is 3.86. The first-order chi connectivity index (χ1) is 9.96. The molecule has 1 aliphatic heterocycles. The molecule has 1 aliphatic rings. The normalized spacial score (nSPS) is 21.6. The van der Waals surface area contributed by atoms with Crippen molar-refractivity contribution in [3.63, 3.8) is 0 Å². The molecule has 0 saturated carbocycles. The van der Waals surface area contributed by atoms with E-state index in [1.54, 1.807) is 19.1 Å². The Morgan fingerprint density at radius 3 is 2.19 bits per heavy atom. The summed E-state index contributed by atoms with van der Waals surface area (Å²) in [4.78, 5) is 13.8. The van der Waals surface area contributed by atoms with Crippen molar-refractivity contribution in [3.8, 4) is 11.5 Å². The third kappa shape index (κ3) is 3.23. The first-order valence-corrected chi connectivity index (χ1v) is 7.15. The lowest BCUT2D eigenvalue weighted by Crippen LogP contribution is -2.35. The van der Waals surface area contributed by atoms with Crippen molar-refractivity contribution in [2.75, 3.05) is 14.2 Å². The largest absolute Gasteiger partial charge is 0.497 e. The van der Waals surface area contributed by atoms with Crippen LogP contribution in [-0.2, 0) is 11.3 Å². The van der Waals surface area contributed by atoms with E-state index in [0.717, 1.165) is 5.56 Å². The predicted octanol–water partition coefficient (Wildman–Crippen LogP) is 3.07. The highest BCUT2D eigenvalue weighted by Crippen LogP contribution is 2.29. The van der Waals surface area contributed by atoms with Crippen LogP contribution in [-0.4, -0.2) is 37.4 Å². The van der Waals surface area contributed by atoms with Crippen molar-refractivity contribution in [2.24, 2.45) is 5.92 Å². The highest BCUT2D eigenvalue weighted by Gasteiger charge is 2.40. The van der Waals surface area contributed by atoms with Crippen LogP contribution in [0.2, 0.25) is 0 Å². The van der Waals surface area contributed by atoms with Gasteiger partial charge in [-0.15, -0.1) is 0 Å². The molecule has 1 aromatic carbocycles. The van der Waals surface area contributed by atoms with E-state index in [0.29, 0.717) is 24.0 Å². The minimum atomic E-state index is -0.261. The summed E-state index contributed by atoms with van der Waals surface area (Å²) in [7, 11) is 3.22. The molecule has 21 heavy (non-hydrogen) atoms. The van der Waals surface area contributed by atoms with Crippen LogP contribution < -0.4 is 9.47 Å². The number of benzene rings is 1. The molecule has 0 aromatic heterocycles. The fourth-order valence-electron chi connectivity index (χ4n) is 2.68. The molecule has 5 nitrogen and oxygen atoms in total. The second-order valence-corrected chi connectivity index (χ2v) is 5.68. The van der Waals surface area contributed by atoms with Crippen LogP contribution >= 0.6 is 0 Å². The van der Waals surface area contributed by atoms with Gasteiger partial charge in [-0.2, -0.15) is 0 Å². The lowest BCUT2D eigenvalue weighted by molar-refractivity contribution is 0.104. The Morgan fingerprint density at radius 1 is 1.19 bits per heavy atom. The second kappa shape index (κ2) is 6.24. The number of ether oxygens (including phenoxy) is 3. The zero-order valence-corrected chi connectivity index (χ0v) is 13.3. The molecule has 0 spiro atoms. The minimum Gasteiger partial charge on any atom is -0.497 e. The van der Waals surface area contributed by atoms with Gasteiger partial charge in [0.25, 0.3) is 0 Å². The number of rotatable bonds is 5. The van der Waals surface area contributed by atoms with Crippen LogP contribution in [0.15, 0.2) is 18.2 Å². The number of nitrogens with zero attached hydrogens (tertiary/aromatic N) is 1. The average molecular weight is 293 g/mol. The highest BCUT2D eigenvalue weighted by atomic mass is 16.6. The van der Waals surface area contributed by atoms with Crippen molar-refractivity contribution in [3.05, 3.63) is 23.8 Å². The average Bonchev–Trinajstić information content (AvgIpc) is 2.75. The maximum absolute atomic E-state index is 12.1. The highest BCUT2D eigenvalue weighted by molar-refractivity contribution is 5.70. The van der Waals surface area contributed by atoms with Crippen molar-refractivity contribution in [1.29, 1.82) is 0 Å². The Hall–Kier alpha value is -1.91. The molecule has 1 heterocycles. The molecule has 1 unspecified atom stereocenters. The summed E-state index contributed by atoms with van der Waals surface area (Å²) in [6.07, 6.45) is -0.326. The summed E-state index contributed by atoms with van der Waals surface area (Å²) in [5, 5.41) is 0. The van der Waals surface area contributed by atoms with Gasteiger partial charge in [-0.05, 0) is 30.5 Å². The van der Waals surface area contributed by atoms with Crippen LogP contribution in [0.4, 0.5) is 4.79 Å². The Bertz CT molecular complexity index is 493. The van der Waals surface area contributed by atoms with Gasteiger partial charge in [0.1, 0.15) is 17.6 Å². The molecule has 0 bridgehead atoms. The van der Waals surface area contributed by atoms with Gasteiger partial charge in [-0.25, -0.2) is 4.79 Å². The molecule has 1 amide bonds. The van der Waals surface area contributed by atoms with Crippen LogP contribution in [0, 0.1) is 5.92 Å². The van der Waals surface area contributed by atoms with Crippen LogP contribution in [0.25, 0.3) is 0 Å². The van der Waals surface area contributed by atoms with E-state index in [4.69, 9.17) is 14.2 Å². The SMILES string of the molecule is COc1cc(CN2C(=O)OC(C(C)C)[C@H]2C)cc(OC)c1. The van der Waals surface area contributed by atoms with Crippen molar-refractivity contribution in [1.82, 2.24) is 4.90 Å². The molecule has 2 rings (SSSR count). The summed E-state index contributed by atoms with van der Waals surface area (Å²) in [6.45, 7) is 6.63. The zero-order chi connectivity index (χ0) is 15.6. The maximum atomic E-state index is 12.1. The molecule has 0 N–H and O–H groups in total. The van der Waals surface area contributed by atoms with Crippen LogP contribution in [0.1, 0.15) is 26.3 Å². The standard InChI is InChI=1S/C16H23NO4/c1-10(2)15-11(3)17(16(18)21-15)9-12-6-13(19-4)8-14(7-12)20-5/h6-8,10-11,15H,9H2,1-5H3/t11-,15?/m1/s1. The molecule has 2 atom stereocenters. The fourth-order valence-corrected chi connectivity index (χ4v) is 2.68. The summed E-state index contributed by atoms with van der Waals surface area (Å²) in [5.41, 5.74) is 0.958. The van der Waals surface area contributed by atoms with E-state index in [9.17, 15) is 4.79 Å². The van der Waals surface area contributed by atoms with Gasteiger partial charge in [-0.3, -0.25) is 4.90 Å². The van der Waals surface area contributed by atoms with Crippen molar-refractivity contribution in [2.45, 2.75) is 39.5 Å². The number of cyclic esters (lactones) is 1. The fraction of sp³-hybridized carbons (Fsp3) is 0.562. The zero-order valence-electron chi connectivity index (χ0n) is 13.3. The molecular weight excluding hydrogens is 270 g/mol. The maximum Gasteiger partial charge on any atom is 0.410 e. The molecule has 0 radical (unpaired) electrons. The van der Waals surface area contributed by atoms with Crippen LogP contribution in [0.3, 0.4) is 0 Å². The number of hydrogen-bond acceptors (Lipinski definition) is 4. The van der Waals surface area contributed by atoms with Gasteiger partial charge in [0.15, 0.2) is 0 Å². The quantitative estimate of drug-likeness (QED) is 0.837. The lowest BCUT2D eigenvalue weighted by Gasteiger charge is -2.23. The molecule has 116 valence electrons. The van der Waals surface area contributed by atoms with E-state index >= 15 is 0 Å². The smallest absolute Gasteiger partial charge is 0.410 e. The Kier molecular flexibility index (Phi) is 4.60. The predicted molar refractivity (Wildman–Crippen MR) is 79.7 cm³/mol. The molecule has 1 fully saturated rings. The summed E-state index contributed by atoms with van der Waals surface area (Å²) < 4.78 is 16.0. The molecule has 5 heteroatoms. The van der Waals surface area contributed by atoms with Crippen molar-refractivity contribution >= 4 is 6.09 Å². The minimum absolute atomic E-state index is 0.0506. The summed E-state index contributed by atoms with van der Waals surface area (Å²) in [6, 6.07) is 5.68. The van der Waals surface area contributed by atoms with E-state index in [1.165, 1.54) is 0 Å². The summed E-state index contributed by atoms with van der Waals surface area (Å²) >= 11 is 0. The molecule has 1 aromatic rings. The van der Waals surface area contributed by atoms with Gasteiger partial charge < -0.3 is 14.2 Å². The second-order valence-electron chi connectivity index (χ2n) is 5.68. The molecular formula is C16H23NO4. The third-order valence-electron chi connectivity index (χ3n) is 3.86.